The summed E-state index contributed by atoms with van der Waals surface area (Å²) in [4.78, 5) is 0. The van der Waals surface area contributed by atoms with E-state index in [9.17, 15) is 8.42 Å². The molecule has 19 heavy (non-hydrogen) atoms. The maximum absolute atomic E-state index is 11.6. The van der Waals surface area contributed by atoms with Gasteiger partial charge in [-0.25, -0.2) is 8.42 Å². The van der Waals surface area contributed by atoms with Crippen LogP contribution in [0.15, 0.2) is 22.7 Å². The van der Waals surface area contributed by atoms with Crippen molar-refractivity contribution in [1.82, 2.24) is 0 Å². The van der Waals surface area contributed by atoms with Gasteiger partial charge in [-0.3, -0.25) is 0 Å². The first kappa shape index (κ1) is 15.1. The van der Waals surface area contributed by atoms with Crippen molar-refractivity contribution < 1.29 is 13.2 Å². The van der Waals surface area contributed by atoms with Crippen LogP contribution in [-0.4, -0.2) is 26.0 Å². The molecule has 0 saturated heterocycles. The van der Waals surface area contributed by atoms with Crippen molar-refractivity contribution in [2.75, 3.05) is 6.26 Å². The summed E-state index contributed by atoms with van der Waals surface area (Å²) in [7, 11) is -2.99. The van der Waals surface area contributed by atoms with Crippen LogP contribution in [0.25, 0.3) is 0 Å². The van der Waals surface area contributed by atoms with Gasteiger partial charge >= 0.3 is 0 Å². The molecular formula is C13H16BrClO3S. The van der Waals surface area contributed by atoms with Gasteiger partial charge in [0.05, 0.1) is 10.3 Å². The SMILES string of the molecule is CS(=O)(=O)C1CCCC(Oc2cc(Br)ccc2Cl)C1. The highest BCUT2D eigenvalue weighted by Gasteiger charge is 2.30. The van der Waals surface area contributed by atoms with E-state index < -0.39 is 9.84 Å². The molecule has 1 aromatic rings. The molecule has 0 bridgehead atoms. The monoisotopic (exact) mass is 366 g/mol. The number of rotatable bonds is 3. The molecule has 6 heteroatoms. The highest BCUT2D eigenvalue weighted by molar-refractivity contribution is 9.10. The van der Waals surface area contributed by atoms with Gasteiger partial charge in [0.15, 0.2) is 0 Å². The third kappa shape index (κ3) is 4.10. The summed E-state index contributed by atoms with van der Waals surface area (Å²) in [6, 6.07) is 5.42. The zero-order valence-corrected chi connectivity index (χ0v) is 13.8. The molecule has 1 fully saturated rings. The van der Waals surface area contributed by atoms with Crippen LogP contribution in [0, 0.1) is 0 Å². The Balaban J connectivity index is 2.09. The van der Waals surface area contributed by atoms with E-state index in [-0.39, 0.29) is 11.4 Å². The minimum atomic E-state index is -2.99. The predicted molar refractivity (Wildman–Crippen MR) is 80.7 cm³/mol. The second-order valence-corrected chi connectivity index (χ2v) is 8.58. The number of halogens is 2. The summed E-state index contributed by atoms with van der Waals surface area (Å²) in [6.07, 6.45) is 4.22. The molecule has 2 atom stereocenters. The molecule has 1 aromatic carbocycles. The van der Waals surface area contributed by atoms with Crippen LogP contribution < -0.4 is 4.74 Å². The molecule has 0 heterocycles. The number of sulfone groups is 1. The lowest BCUT2D eigenvalue weighted by Gasteiger charge is -2.28. The van der Waals surface area contributed by atoms with Crippen LogP contribution >= 0.6 is 27.5 Å². The first-order valence-corrected chi connectivity index (χ1v) is 9.29. The van der Waals surface area contributed by atoms with E-state index in [0.717, 1.165) is 23.7 Å². The van der Waals surface area contributed by atoms with E-state index >= 15 is 0 Å². The summed E-state index contributed by atoms with van der Waals surface area (Å²) in [5, 5.41) is 0.252. The average Bonchev–Trinajstić information content (AvgIpc) is 2.33. The van der Waals surface area contributed by atoms with Gasteiger partial charge in [-0.05, 0) is 37.5 Å². The minimum Gasteiger partial charge on any atom is -0.489 e. The van der Waals surface area contributed by atoms with Crippen LogP contribution in [0.4, 0.5) is 0 Å². The third-order valence-electron chi connectivity index (χ3n) is 3.37. The number of benzene rings is 1. The van der Waals surface area contributed by atoms with Crippen LogP contribution in [0.3, 0.4) is 0 Å². The van der Waals surface area contributed by atoms with Crippen LogP contribution in [-0.2, 0) is 9.84 Å². The van der Waals surface area contributed by atoms with Crippen molar-refractivity contribution in [1.29, 1.82) is 0 Å². The summed E-state index contributed by atoms with van der Waals surface area (Å²) in [5.74, 6) is 0.607. The molecule has 1 aliphatic rings. The number of hydrogen-bond acceptors (Lipinski definition) is 3. The minimum absolute atomic E-state index is 0.0831. The fraction of sp³-hybridized carbons (Fsp3) is 0.538. The lowest BCUT2D eigenvalue weighted by Crippen LogP contribution is -2.33. The Morgan fingerprint density at radius 1 is 1.37 bits per heavy atom. The smallest absolute Gasteiger partial charge is 0.150 e. The highest BCUT2D eigenvalue weighted by Crippen LogP contribution is 2.32. The van der Waals surface area contributed by atoms with Crippen molar-refractivity contribution in [3.8, 4) is 5.75 Å². The maximum Gasteiger partial charge on any atom is 0.150 e. The fourth-order valence-corrected chi connectivity index (χ4v) is 4.01. The maximum atomic E-state index is 11.6. The zero-order valence-electron chi connectivity index (χ0n) is 10.6. The van der Waals surface area contributed by atoms with Crippen molar-refractivity contribution in [3.63, 3.8) is 0 Å². The lowest BCUT2D eigenvalue weighted by molar-refractivity contribution is 0.156. The summed E-state index contributed by atoms with van der Waals surface area (Å²) >= 11 is 9.45. The van der Waals surface area contributed by atoms with Gasteiger partial charge in [-0.1, -0.05) is 27.5 Å². The Morgan fingerprint density at radius 3 is 2.79 bits per heavy atom. The fourth-order valence-electron chi connectivity index (χ4n) is 2.35. The van der Waals surface area contributed by atoms with Gasteiger partial charge in [0.1, 0.15) is 21.7 Å². The second-order valence-electron chi connectivity index (χ2n) is 4.93. The summed E-state index contributed by atoms with van der Waals surface area (Å²) < 4.78 is 30.0. The molecule has 0 radical (unpaired) electrons. The van der Waals surface area contributed by atoms with Gasteiger partial charge in [-0.2, -0.15) is 0 Å². The quantitative estimate of drug-likeness (QED) is 0.815. The Hall–Kier alpha value is -0.260. The molecule has 0 N–H and O–H groups in total. The number of ether oxygens (including phenoxy) is 1. The Labute approximate surface area is 127 Å². The molecule has 1 aliphatic carbocycles. The molecule has 1 saturated carbocycles. The molecule has 0 aromatic heterocycles. The first-order chi connectivity index (χ1) is 8.86. The van der Waals surface area contributed by atoms with Gasteiger partial charge in [0.2, 0.25) is 0 Å². The molecule has 0 spiro atoms. The number of hydrogen-bond donors (Lipinski definition) is 0. The van der Waals surface area contributed by atoms with E-state index in [1.54, 1.807) is 6.07 Å². The Morgan fingerprint density at radius 2 is 2.11 bits per heavy atom. The van der Waals surface area contributed by atoms with E-state index in [1.807, 2.05) is 12.1 Å². The lowest BCUT2D eigenvalue weighted by atomic mass is 9.97. The standard InChI is InChI=1S/C13H16BrClO3S/c1-19(16,17)11-4-2-3-10(8-11)18-13-7-9(14)5-6-12(13)15/h5-7,10-11H,2-4,8H2,1H3. The van der Waals surface area contributed by atoms with E-state index in [2.05, 4.69) is 15.9 Å². The summed E-state index contributed by atoms with van der Waals surface area (Å²) in [5.41, 5.74) is 0. The molecule has 106 valence electrons. The topological polar surface area (TPSA) is 43.4 Å². The second kappa shape index (κ2) is 6.02. The van der Waals surface area contributed by atoms with Crippen molar-refractivity contribution in [2.24, 2.45) is 0 Å². The molecule has 2 unspecified atom stereocenters. The van der Waals surface area contributed by atoms with Crippen molar-refractivity contribution in [2.45, 2.75) is 37.0 Å². The highest BCUT2D eigenvalue weighted by atomic mass is 79.9. The van der Waals surface area contributed by atoms with Crippen LogP contribution in [0.2, 0.25) is 5.02 Å². The van der Waals surface area contributed by atoms with Crippen LogP contribution in [0.1, 0.15) is 25.7 Å². The van der Waals surface area contributed by atoms with Gasteiger partial charge in [0, 0.05) is 17.1 Å². The Bertz CT molecular complexity index is 559. The van der Waals surface area contributed by atoms with E-state index in [1.165, 1.54) is 6.26 Å². The molecular weight excluding hydrogens is 352 g/mol. The van der Waals surface area contributed by atoms with Gasteiger partial charge in [0.25, 0.3) is 0 Å². The van der Waals surface area contributed by atoms with E-state index in [0.29, 0.717) is 17.2 Å². The first-order valence-electron chi connectivity index (χ1n) is 6.17. The zero-order chi connectivity index (χ0) is 14.0. The average molecular weight is 368 g/mol. The van der Waals surface area contributed by atoms with Crippen LogP contribution in [0.5, 0.6) is 5.75 Å². The predicted octanol–water partition coefficient (Wildman–Crippen LogP) is 3.84. The molecule has 0 aliphatic heterocycles. The third-order valence-corrected chi connectivity index (χ3v) is 5.82. The van der Waals surface area contributed by atoms with Crippen molar-refractivity contribution in [3.05, 3.63) is 27.7 Å². The largest absolute Gasteiger partial charge is 0.489 e. The Kier molecular flexibility index (Phi) is 4.79. The summed E-state index contributed by atoms with van der Waals surface area (Å²) in [6.45, 7) is 0. The molecule has 2 rings (SSSR count). The van der Waals surface area contributed by atoms with Gasteiger partial charge < -0.3 is 4.74 Å². The normalized spacial score (nSPS) is 24.2. The molecule has 3 nitrogen and oxygen atoms in total. The molecule has 0 amide bonds. The van der Waals surface area contributed by atoms with E-state index in [4.69, 9.17) is 16.3 Å². The van der Waals surface area contributed by atoms with Gasteiger partial charge in [-0.15, -0.1) is 0 Å². The van der Waals surface area contributed by atoms with Crippen molar-refractivity contribution >= 4 is 37.4 Å².